The molecule has 0 saturated carbocycles. The number of fused-ring (bicyclic) bond motifs is 1. The summed E-state index contributed by atoms with van der Waals surface area (Å²) in [6.07, 6.45) is 2.05. The maximum Gasteiger partial charge on any atom is 0.219 e. The molecule has 1 fully saturated rings. The van der Waals surface area contributed by atoms with Crippen LogP contribution in [0.3, 0.4) is 0 Å². The molecule has 1 saturated heterocycles. The summed E-state index contributed by atoms with van der Waals surface area (Å²) in [7, 11) is 3.30. The topological polar surface area (TPSA) is 54.6 Å². The van der Waals surface area contributed by atoms with E-state index in [4.69, 9.17) is 9.47 Å². The van der Waals surface area contributed by atoms with Crippen LogP contribution in [0.15, 0.2) is 36.4 Å². The third-order valence-electron chi connectivity index (χ3n) is 6.17. The van der Waals surface area contributed by atoms with Crippen molar-refractivity contribution in [2.45, 2.75) is 32.6 Å². The third-order valence-corrected chi connectivity index (χ3v) is 6.17. The van der Waals surface area contributed by atoms with Crippen molar-refractivity contribution < 1.29 is 14.3 Å². The van der Waals surface area contributed by atoms with Crippen molar-refractivity contribution >= 4 is 16.8 Å². The number of hydrogen-bond acceptors (Lipinski definition) is 3. The Bertz CT molecular complexity index is 1050. The van der Waals surface area contributed by atoms with Crippen LogP contribution < -0.4 is 9.47 Å². The van der Waals surface area contributed by atoms with Gasteiger partial charge in [-0.05, 0) is 67.1 Å². The zero-order chi connectivity index (χ0) is 20.5. The van der Waals surface area contributed by atoms with Crippen molar-refractivity contribution in [1.29, 1.82) is 0 Å². The molecule has 5 nitrogen and oxygen atoms in total. The number of aryl methyl sites for hydroxylation is 1. The van der Waals surface area contributed by atoms with Crippen molar-refractivity contribution in [3.63, 3.8) is 0 Å². The van der Waals surface area contributed by atoms with Gasteiger partial charge in [-0.25, -0.2) is 0 Å². The van der Waals surface area contributed by atoms with Gasteiger partial charge >= 0.3 is 0 Å². The number of carbonyl (C=O) groups is 1. The van der Waals surface area contributed by atoms with Crippen LogP contribution >= 0.6 is 0 Å². The number of methoxy groups -OCH3 is 2. The summed E-state index contributed by atoms with van der Waals surface area (Å²) < 4.78 is 10.8. The number of ether oxygens (including phenoxy) is 2. The van der Waals surface area contributed by atoms with Gasteiger partial charge in [0.1, 0.15) is 0 Å². The molecular formula is C24H28N2O3. The van der Waals surface area contributed by atoms with Gasteiger partial charge in [0.05, 0.1) is 14.2 Å². The Labute approximate surface area is 171 Å². The predicted molar refractivity (Wildman–Crippen MR) is 116 cm³/mol. The van der Waals surface area contributed by atoms with Gasteiger partial charge in [0.2, 0.25) is 5.91 Å². The zero-order valence-electron chi connectivity index (χ0n) is 17.5. The number of benzene rings is 2. The van der Waals surface area contributed by atoms with Gasteiger partial charge in [0.25, 0.3) is 0 Å². The number of piperidine rings is 1. The first-order chi connectivity index (χ1) is 14.0. The molecule has 0 spiro atoms. The minimum atomic E-state index is 0.181. The van der Waals surface area contributed by atoms with Crippen LogP contribution in [0.2, 0.25) is 0 Å². The van der Waals surface area contributed by atoms with E-state index in [0.29, 0.717) is 5.92 Å². The minimum absolute atomic E-state index is 0.181. The third kappa shape index (κ3) is 3.57. The molecular weight excluding hydrogens is 364 g/mol. The fraction of sp³-hybridized carbons (Fsp3) is 0.375. The Balaban J connectivity index is 1.66. The standard InChI is InChI=1S/C24H28N2O3/c1-15-20-13-18(17-9-11-26(12-10-17)16(2)27)5-7-21(20)25-24(15)19-6-8-22(28-3)23(14-19)29-4/h5-8,13-14,17,25H,9-12H2,1-4H3. The molecule has 1 amide bonds. The van der Waals surface area contributed by atoms with Crippen molar-refractivity contribution in [3.8, 4) is 22.8 Å². The Hall–Kier alpha value is -2.95. The van der Waals surface area contributed by atoms with Gasteiger partial charge in [-0.2, -0.15) is 0 Å². The van der Waals surface area contributed by atoms with Gasteiger partial charge in [0, 0.05) is 42.2 Å². The molecule has 0 atom stereocenters. The van der Waals surface area contributed by atoms with Crippen LogP contribution in [0.5, 0.6) is 11.5 Å². The molecule has 2 heterocycles. The molecule has 0 aliphatic carbocycles. The van der Waals surface area contributed by atoms with Crippen molar-refractivity contribution in [3.05, 3.63) is 47.5 Å². The zero-order valence-corrected chi connectivity index (χ0v) is 17.5. The van der Waals surface area contributed by atoms with Crippen LogP contribution in [0.4, 0.5) is 0 Å². The quantitative estimate of drug-likeness (QED) is 0.688. The van der Waals surface area contributed by atoms with Gasteiger partial charge < -0.3 is 19.4 Å². The highest BCUT2D eigenvalue weighted by Crippen LogP contribution is 2.37. The maximum absolute atomic E-state index is 11.6. The number of H-pyrrole nitrogens is 1. The number of nitrogens with zero attached hydrogens (tertiary/aromatic N) is 1. The van der Waals surface area contributed by atoms with Crippen LogP contribution in [0.25, 0.3) is 22.2 Å². The Morgan fingerprint density at radius 1 is 1.03 bits per heavy atom. The molecule has 1 aliphatic heterocycles. The van der Waals surface area contributed by atoms with E-state index < -0.39 is 0 Å². The molecule has 0 bridgehead atoms. The second-order valence-corrected chi connectivity index (χ2v) is 7.78. The second-order valence-electron chi connectivity index (χ2n) is 7.78. The molecule has 3 aromatic rings. The molecule has 152 valence electrons. The van der Waals surface area contributed by atoms with Gasteiger partial charge in [-0.1, -0.05) is 6.07 Å². The molecule has 1 aliphatic rings. The number of aromatic amines is 1. The Morgan fingerprint density at radius 2 is 1.76 bits per heavy atom. The van der Waals surface area contributed by atoms with E-state index in [1.54, 1.807) is 21.1 Å². The normalized spacial score (nSPS) is 15.0. The largest absolute Gasteiger partial charge is 0.493 e. The molecule has 1 N–H and O–H groups in total. The van der Waals surface area contributed by atoms with Crippen molar-refractivity contribution in [2.24, 2.45) is 0 Å². The van der Waals surface area contributed by atoms with Crippen LogP contribution in [-0.2, 0) is 4.79 Å². The highest BCUT2D eigenvalue weighted by Gasteiger charge is 2.22. The highest BCUT2D eigenvalue weighted by atomic mass is 16.5. The molecule has 0 radical (unpaired) electrons. The number of rotatable bonds is 4. The number of hydrogen-bond donors (Lipinski definition) is 1. The van der Waals surface area contributed by atoms with E-state index in [2.05, 4.69) is 36.2 Å². The van der Waals surface area contributed by atoms with Crippen LogP contribution in [0.1, 0.15) is 36.8 Å². The maximum atomic E-state index is 11.6. The smallest absolute Gasteiger partial charge is 0.219 e. The number of carbonyl (C=O) groups excluding carboxylic acids is 1. The SMILES string of the molecule is COc1ccc(-c2[nH]c3ccc(C4CCN(C(C)=O)CC4)cc3c2C)cc1OC. The number of likely N-dealkylation sites (tertiary alicyclic amines) is 1. The summed E-state index contributed by atoms with van der Waals surface area (Å²) in [5, 5.41) is 1.25. The Morgan fingerprint density at radius 3 is 2.41 bits per heavy atom. The summed E-state index contributed by atoms with van der Waals surface area (Å²) in [6.45, 7) is 5.51. The van der Waals surface area contributed by atoms with E-state index in [0.717, 1.165) is 54.2 Å². The van der Waals surface area contributed by atoms with Crippen LogP contribution in [0, 0.1) is 6.92 Å². The average Bonchev–Trinajstić information content (AvgIpc) is 3.09. The first-order valence-corrected chi connectivity index (χ1v) is 10.1. The van der Waals surface area contributed by atoms with E-state index >= 15 is 0 Å². The molecule has 2 aromatic carbocycles. The summed E-state index contributed by atoms with van der Waals surface area (Å²) in [5.74, 6) is 2.14. The monoisotopic (exact) mass is 392 g/mol. The van der Waals surface area contributed by atoms with Crippen molar-refractivity contribution in [1.82, 2.24) is 9.88 Å². The summed E-state index contributed by atoms with van der Waals surface area (Å²) >= 11 is 0. The summed E-state index contributed by atoms with van der Waals surface area (Å²) in [6, 6.07) is 12.7. The number of nitrogens with one attached hydrogen (secondary N) is 1. The fourth-order valence-corrected chi connectivity index (χ4v) is 4.41. The van der Waals surface area contributed by atoms with Gasteiger partial charge in [-0.15, -0.1) is 0 Å². The molecule has 4 rings (SSSR count). The minimum Gasteiger partial charge on any atom is -0.493 e. The van der Waals surface area contributed by atoms with E-state index in [9.17, 15) is 4.79 Å². The first kappa shape index (κ1) is 19.4. The average molecular weight is 392 g/mol. The van der Waals surface area contributed by atoms with E-state index in [-0.39, 0.29) is 5.91 Å². The second kappa shape index (κ2) is 7.82. The van der Waals surface area contributed by atoms with Crippen LogP contribution in [-0.4, -0.2) is 43.1 Å². The molecule has 0 unspecified atom stereocenters. The summed E-state index contributed by atoms with van der Waals surface area (Å²) in [5.41, 5.74) is 5.91. The predicted octanol–water partition coefficient (Wildman–Crippen LogP) is 4.89. The lowest BCUT2D eigenvalue weighted by atomic mass is 9.88. The summed E-state index contributed by atoms with van der Waals surface area (Å²) in [4.78, 5) is 17.1. The number of amides is 1. The van der Waals surface area contributed by atoms with E-state index in [1.807, 2.05) is 17.0 Å². The van der Waals surface area contributed by atoms with Gasteiger partial charge in [-0.3, -0.25) is 4.79 Å². The van der Waals surface area contributed by atoms with E-state index in [1.165, 1.54) is 16.5 Å². The lowest BCUT2D eigenvalue weighted by Crippen LogP contribution is -2.36. The fourth-order valence-electron chi connectivity index (χ4n) is 4.41. The lowest BCUT2D eigenvalue weighted by Gasteiger charge is -2.31. The molecule has 1 aromatic heterocycles. The lowest BCUT2D eigenvalue weighted by molar-refractivity contribution is -0.129. The van der Waals surface area contributed by atoms with Crippen molar-refractivity contribution in [2.75, 3.05) is 27.3 Å². The first-order valence-electron chi connectivity index (χ1n) is 10.1. The Kier molecular flexibility index (Phi) is 5.22. The highest BCUT2D eigenvalue weighted by molar-refractivity contribution is 5.91. The molecule has 5 heteroatoms. The number of aromatic nitrogens is 1. The van der Waals surface area contributed by atoms with Gasteiger partial charge in [0.15, 0.2) is 11.5 Å². The molecule has 29 heavy (non-hydrogen) atoms.